The van der Waals surface area contributed by atoms with E-state index in [-0.39, 0.29) is 0 Å². The number of imidazole rings is 1. The van der Waals surface area contributed by atoms with E-state index in [0.717, 1.165) is 46.8 Å². The van der Waals surface area contributed by atoms with Gasteiger partial charge >= 0.3 is 0 Å². The van der Waals surface area contributed by atoms with E-state index in [2.05, 4.69) is 32.7 Å². The van der Waals surface area contributed by atoms with Crippen molar-refractivity contribution in [2.24, 2.45) is 0 Å². The van der Waals surface area contributed by atoms with E-state index in [9.17, 15) is 0 Å². The third-order valence-electron chi connectivity index (χ3n) is 4.66. The molecule has 0 bridgehead atoms. The summed E-state index contributed by atoms with van der Waals surface area (Å²) in [6.45, 7) is 0.759. The maximum atomic E-state index is 5.40. The zero-order chi connectivity index (χ0) is 20.1. The van der Waals surface area contributed by atoms with Crippen molar-refractivity contribution in [3.8, 4) is 17.1 Å². The van der Waals surface area contributed by atoms with Gasteiger partial charge in [-0.1, -0.05) is 24.3 Å². The molecule has 29 heavy (non-hydrogen) atoms. The summed E-state index contributed by atoms with van der Waals surface area (Å²) < 4.78 is 5.18. The summed E-state index contributed by atoms with van der Waals surface area (Å²) in [5.74, 6) is 1.72. The number of anilines is 1. The lowest BCUT2D eigenvalue weighted by atomic mass is 10.1. The second-order valence-electron chi connectivity index (χ2n) is 6.66. The Morgan fingerprint density at radius 1 is 1.00 bits per heavy atom. The molecule has 3 N–H and O–H groups in total. The number of ether oxygens (including phenoxy) is 1. The van der Waals surface area contributed by atoms with Crippen LogP contribution in [0.3, 0.4) is 0 Å². The van der Waals surface area contributed by atoms with Crippen molar-refractivity contribution in [1.82, 2.24) is 15.3 Å². The molecular weight excluding hydrogens is 380 g/mol. The number of hydrogen-bond acceptors (Lipinski definition) is 3. The lowest BCUT2D eigenvalue weighted by Gasteiger charge is -2.11. The Morgan fingerprint density at radius 3 is 2.48 bits per heavy atom. The van der Waals surface area contributed by atoms with Crippen LogP contribution >= 0.6 is 12.2 Å². The first-order valence-electron chi connectivity index (χ1n) is 9.44. The number of fused-ring (bicyclic) bond motifs is 1. The number of thiocarbonyl (C=S) groups is 1. The molecule has 146 valence electrons. The van der Waals surface area contributed by atoms with Gasteiger partial charge in [0, 0.05) is 17.8 Å². The Morgan fingerprint density at radius 2 is 1.76 bits per heavy atom. The minimum absolute atomic E-state index is 0.606. The molecule has 0 unspecified atom stereocenters. The molecule has 0 radical (unpaired) electrons. The summed E-state index contributed by atoms with van der Waals surface area (Å²) >= 11 is 5.40. The number of nitrogens with zero attached hydrogens (tertiary/aromatic N) is 1. The minimum atomic E-state index is 0.606. The summed E-state index contributed by atoms with van der Waals surface area (Å²) in [5, 5.41) is 7.07. The quantitative estimate of drug-likeness (QED) is 0.406. The lowest BCUT2D eigenvalue weighted by Crippen LogP contribution is -2.30. The van der Waals surface area contributed by atoms with E-state index in [1.807, 2.05) is 60.7 Å². The molecule has 0 amide bonds. The Bertz CT molecular complexity index is 1070. The van der Waals surface area contributed by atoms with Crippen molar-refractivity contribution in [3.63, 3.8) is 0 Å². The van der Waals surface area contributed by atoms with Gasteiger partial charge in [-0.2, -0.15) is 0 Å². The first kappa shape index (κ1) is 19.0. The van der Waals surface area contributed by atoms with Crippen LogP contribution in [0, 0.1) is 0 Å². The molecule has 1 heterocycles. The fourth-order valence-corrected chi connectivity index (χ4v) is 3.31. The predicted octanol–water partition coefficient (Wildman–Crippen LogP) is 4.77. The second-order valence-corrected chi connectivity index (χ2v) is 7.07. The van der Waals surface area contributed by atoms with Crippen LogP contribution in [0.15, 0.2) is 72.8 Å². The van der Waals surface area contributed by atoms with Crippen LogP contribution < -0.4 is 15.4 Å². The van der Waals surface area contributed by atoms with Crippen LogP contribution in [0.2, 0.25) is 0 Å². The maximum absolute atomic E-state index is 5.40. The third kappa shape index (κ3) is 4.73. The molecule has 0 aliphatic heterocycles. The molecule has 0 atom stereocenters. The molecule has 0 saturated carbocycles. The highest BCUT2D eigenvalue weighted by molar-refractivity contribution is 7.80. The van der Waals surface area contributed by atoms with Crippen LogP contribution in [-0.4, -0.2) is 28.7 Å². The number of aromatic amines is 1. The molecule has 0 aliphatic rings. The average Bonchev–Trinajstić information content (AvgIpc) is 3.19. The zero-order valence-electron chi connectivity index (χ0n) is 16.1. The highest BCUT2D eigenvalue weighted by Crippen LogP contribution is 2.22. The molecule has 4 rings (SSSR count). The zero-order valence-corrected chi connectivity index (χ0v) is 16.9. The monoisotopic (exact) mass is 402 g/mol. The normalized spacial score (nSPS) is 10.7. The first-order chi connectivity index (χ1) is 14.2. The molecule has 0 spiro atoms. The smallest absolute Gasteiger partial charge is 0.170 e. The topological polar surface area (TPSA) is 62.0 Å². The summed E-state index contributed by atoms with van der Waals surface area (Å²) in [5.41, 5.74) is 5.20. The molecule has 6 heteroatoms. The SMILES string of the molecule is COc1ccc(CCNC(=S)Nc2ccc(-c3nc4ccccc4[nH]3)cc2)cc1. The van der Waals surface area contributed by atoms with Crippen LogP contribution in [-0.2, 0) is 6.42 Å². The first-order valence-corrected chi connectivity index (χ1v) is 9.85. The number of hydrogen-bond donors (Lipinski definition) is 3. The number of nitrogens with one attached hydrogen (secondary N) is 3. The number of aromatic nitrogens is 2. The number of para-hydroxylation sites is 2. The maximum Gasteiger partial charge on any atom is 0.170 e. The summed E-state index contributed by atoms with van der Waals surface area (Å²) in [4.78, 5) is 7.98. The molecule has 0 saturated heterocycles. The largest absolute Gasteiger partial charge is 0.497 e. The van der Waals surface area contributed by atoms with E-state index in [1.54, 1.807) is 7.11 Å². The van der Waals surface area contributed by atoms with Gasteiger partial charge in [0.15, 0.2) is 5.11 Å². The van der Waals surface area contributed by atoms with Gasteiger partial charge in [0.05, 0.1) is 18.1 Å². The van der Waals surface area contributed by atoms with E-state index in [1.165, 1.54) is 5.56 Å². The van der Waals surface area contributed by atoms with E-state index < -0.39 is 0 Å². The Kier molecular flexibility index (Phi) is 5.72. The minimum Gasteiger partial charge on any atom is -0.497 e. The molecule has 4 aromatic rings. The number of benzene rings is 3. The van der Waals surface area contributed by atoms with Crippen molar-refractivity contribution in [2.45, 2.75) is 6.42 Å². The van der Waals surface area contributed by atoms with Crippen molar-refractivity contribution < 1.29 is 4.74 Å². The van der Waals surface area contributed by atoms with Crippen molar-refractivity contribution in [1.29, 1.82) is 0 Å². The van der Waals surface area contributed by atoms with Crippen LogP contribution in [0.1, 0.15) is 5.56 Å². The van der Waals surface area contributed by atoms with Gasteiger partial charge in [-0.25, -0.2) is 4.98 Å². The fraction of sp³-hybridized carbons (Fsp3) is 0.130. The predicted molar refractivity (Wildman–Crippen MR) is 122 cm³/mol. The van der Waals surface area contributed by atoms with Gasteiger partial charge in [0.25, 0.3) is 0 Å². The fourth-order valence-electron chi connectivity index (χ4n) is 3.09. The molecule has 5 nitrogen and oxygen atoms in total. The molecule has 0 fully saturated rings. The number of H-pyrrole nitrogens is 1. The van der Waals surface area contributed by atoms with Crippen molar-refractivity contribution in [3.05, 3.63) is 78.4 Å². The van der Waals surface area contributed by atoms with Crippen molar-refractivity contribution in [2.75, 3.05) is 19.0 Å². The van der Waals surface area contributed by atoms with E-state index in [4.69, 9.17) is 17.0 Å². The van der Waals surface area contributed by atoms with E-state index in [0.29, 0.717) is 5.11 Å². The highest BCUT2D eigenvalue weighted by Gasteiger charge is 2.05. The molecule has 3 aromatic carbocycles. The Hall–Kier alpha value is -3.38. The van der Waals surface area contributed by atoms with Gasteiger partial charge in [-0.3, -0.25) is 0 Å². The average molecular weight is 403 g/mol. The summed E-state index contributed by atoms with van der Waals surface area (Å²) in [6, 6.07) is 24.1. The van der Waals surface area contributed by atoms with Gasteiger partial charge < -0.3 is 20.4 Å². The van der Waals surface area contributed by atoms with Gasteiger partial charge in [-0.15, -0.1) is 0 Å². The molecule has 1 aromatic heterocycles. The number of rotatable bonds is 6. The van der Waals surface area contributed by atoms with Crippen LogP contribution in [0.25, 0.3) is 22.4 Å². The second kappa shape index (κ2) is 8.75. The third-order valence-corrected chi connectivity index (χ3v) is 4.91. The molecule has 0 aliphatic carbocycles. The Balaban J connectivity index is 1.30. The summed E-state index contributed by atoms with van der Waals surface area (Å²) in [6.07, 6.45) is 0.886. The number of methoxy groups -OCH3 is 1. The lowest BCUT2D eigenvalue weighted by molar-refractivity contribution is 0.414. The van der Waals surface area contributed by atoms with E-state index >= 15 is 0 Å². The Labute approximate surface area is 175 Å². The van der Waals surface area contributed by atoms with Gasteiger partial charge in [0.2, 0.25) is 0 Å². The van der Waals surface area contributed by atoms with Crippen LogP contribution in [0.5, 0.6) is 5.75 Å². The molecular formula is C23H22N4OS. The van der Waals surface area contributed by atoms with Gasteiger partial charge in [0.1, 0.15) is 11.6 Å². The van der Waals surface area contributed by atoms with Crippen LogP contribution in [0.4, 0.5) is 5.69 Å². The standard InChI is InChI=1S/C23H22N4OS/c1-28-19-12-6-16(7-13-19)14-15-24-23(29)25-18-10-8-17(9-11-18)22-26-20-4-2-3-5-21(20)27-22/h2-13H,14-15H2,1H3,(H,26,27)(H2,24,25,29). The van der Waals surface area contributed by atoms with Crippen molar-refractivity contribution >= 4 is 34.1 Å². The summed E-state index contributed by atoms with van der Waals surface area (Å²) in [7, 11) is 1.67. The van der Waals surface area contributed by atoms with Gasteiger partial charge in [-0.05, 0) is 72.7 Å². The highest BCUT2D eigenvalue weighted by atomic mass is 32.1.